The van der Waals surface area contributed by atoms with Crippen molar-refractivity contribution >= 4 is 29.1 Å². The number of carbonyl (C=O) groups is 2. The van der Waals surface area contributed by atoms with Crippen molar-refractivity contribution in [3.05, 3.63) is 88.3 Å². The molecule has 1 fully saturated rings. The van der Waals surface area contributed by atoms with Crippen LogP contribution >= 0.6 is 11.6 Å². The molecule has 0 saturated carbocycles. The molecule has 1 aliphatic heterocycles. The lowest BCUT2D eigenvalue weighted by Crippen LogP contribution is -2.31. The van der Waals surface area contributed by atoms with Crippen LogP contribution in [0.25, 0.3) is 5.76 Å². The van der Waals surface area contributed by atoms with Crippen LogP contribution in [-0.2, 0) is 16.0 Å². The molecule has 0 spiro atoms. The number of Topliss-reactive ketones (excluding diaryl/α,β-unsaturated/α-hetero) is 1. The predicted molar refractivity (Wildman–Crippen MR) is 122 cm³/mol. The van der Waals surface area contributed by atoms with Crippen LogP contribution in [0.2, 0.25) is 5.02 Å². The van der Waals surface area contributed by atoms with E-state index >= 15 is 0 Å². The summed E-state index contributed by atoms with van der Waals surface area (Å²) in [7, 11) is 2.89. The fourth-order valence-corrected chi connectivity index (χ4v) is 4.10. The lowest BCUT2D eigenvalue weighted by atomic mass is 9.98. The summed E-state index contributed by atoms with van der Waals surface area (Å²) in [4.78, 5) is 27.6. The van der Waals surface area contributed by atoms with Gasteiger partial charge < -0.3 is 23.9 Å². The Labute approximate surface area is 195 Å². The summed E-state index contributed by atoms with van der Waals surface area (Å²) in [6.07, 6.45) is 1.94. The van der Waals surface area contributed by atoms with E-state index in [-0.39, 0.29) is 17.7 Å². The minimum Gasteiger partial charge on any atom is -0.506 e. The normalized spacial score (nSPS) is 17.4. The van der Waals surface area contributed by atoms with Gasteiger partial charge in [0.2, 0.25) is 0 Å². The van der Waals surface area contributed by atoms with Gasteiger partial charge in [-0.25, -0.2) is 0 Å². The smallest absolute Gasteiger partial charge is 0.295 e. The summed E-state index contributed by atoms with van der Waals surface area (Å²) in [5, 5.41) is 11.9. The van der Waals surface area contributed by atoms with E-state index in [1.165, 1.54) is 25.4 Å². The standard InChI is InChI=1S/C25H22ClNO6/c1-31-17-5-3-6-18(32-2)20(17)23(28)21-22(19-7-4-14-33-19)27(25(30)24(21)29)13-12-15-8-10-16(26)11-9-15/h3-11,14,22,28H,12-13H2,1-2H3/b23-21+. The van der Waals surface area contributed by atoms with Crippen molar-refractivity contribution in [3.8, 4) is 11.5 Å². The molecule has 1 aromatic heterocycles. The topological polar surface area (TPSA) is 89.2 Å². The van der Waals surface area contributed by atoms with Gasteiger partial charge in [0.1, 0.15) is 34.6 Å². The number of amides is 1. The van der Waals surface area contributed by atoms with Crippen molar-refractivity contribution in [2.24, 2.45) is 0 Å². The molecule has 1 aliphatic rings. The number of carbonyl (C=O) groups excluding carboxylic acids is 2. The van der Waals surface area contributed by atoms with Crippen LogP contribution in [0.3, 0.4) is 0 Å². The van der Waals surface area contributed by atoms with Gasteiger partial charge >= 0.3 is 0 Å². The SMILES string of the molecule is COc1cccc(OC)c1/C(O)=C1\C(=O)C(=O)N(CCc2ccc(Cl)cc2)C1c1ccco1. The first-order chi connectivity index (χ1) is 16.0. The average molecular weight is 468 g/mol. The monoisotopic (exact) mass is 467 g/mol. The highest BCUT2D eigenvalue weighted by Gasteiger charge is 2.47. The third kappa shape index (κ3) is 4.19. The molecule has 0 bridgehead atoms. The fraction of sp³-hybridized carbons (Fsp3) is 0.200. The summed E-state index contributed by atoms with van der Waals surface area (Å²) in [5.41, 5.74) is 1.05. The predicted octanol–water partition coefficient (Wildman–Crippen LogP) is 4.61. The number of hydrogen-bond donors (Lipinski definition) is 1. The van der Waals surface area contributed by atoms with Crippen molar-refractivity contribution in [1.29, 1.82) is 0 Å². The molecule has 3 aromatic rings. The van der Waals surface area contributed by atoms with Crippen LogP contribution in [0.15, 0.2) is 70.9 Å². The number of aliphatic hydroxyl groups excluding tert-OH is 1. The van der Waals surface area contributed by atoms with Gasteiger partial charge in [-0.1, -0.05) is 29.8 Å². The van der Waals surface area contributed by atoms with Gasteiger partial charge in [-0.15, -0.1) is 0 Å². The van der Waals surface area contributed by atoms with Crippen molar-refractivity contribution < 1.29 is 28.6 Å². The molecule has 33 heavy (non-hydrogen) atoms. The second-order valence-corrected chi connectivity index (χ2v) is 7.86. The highest BCUT2D eigenvalue weighted by Crippen LogP contribution is 2.43. The van der Waals surface area contributed by atoms with E-state index in [2.05, 4.69) is 0 Å². The third-order valence-electron chi connectivity index (χ3n) is 5.57. The van der Waals surface area contributed by atoms with Crippen molar-refractivity contribution in [3.63, 3.8) is 0 Å². The summed E-state index contributed by atoms with van der Waals surface area (Å²) < 4.78 is 16.3. The summed E-state index contributed by atoms with van der Waals surface area (Å²) >= 11 is 5.96. The van der Waals surface area contributed by atoms with Gasteiger partial charge in [-0.3, -0.25) is 9.59 Å². The Morgan fingerprint density at radius 2 is 1.70 bits per heavy atom. The van der Waals surface area contributed by atoms with Crippen molar-refractivity contribution in [2.45, 2.75) is 12.5 Å². The number of hydrogen-bond acceptors (Lipinski definition) is 6. The molecule has 1 N–H and O–H groups in total. The Morgan fingerprint density at radius 1 is 1.03 bits per heavy atom. The molecule has 1 amide bonds. The molecule has 0 radical (unpaired) electrons. The van der Waals surface area contributed by atoms with Gasteiger partial charge in [-0.05, 0) is 48.4 Å². The minimum absolute atomic E-state index is 0.0890. The number of methoxy groups -OCH3 is 2. The van der Waals surface area contributed by atoms with Crippen molar-refractivity contribution in [2.75, 3.05) is 20.8 Å². The minimum atomic E-state index is -0.901. The van der Waals surface area contributed by atoms with Crippen LogP contribution in [-0.4, -0.2) is 42.5 Å². The van der Waals surface area contributed by atoms with Crippen LogP contribution in [0, 0.1) is 0 Å². The first kappa shape index (κ1) is 22.5. The highest BCUT2D eigenvalue weighted by molar-refractivity contribution is 6.46. The number of nitrogens with zero attached hydrogens (tertiary/aromatic N) is 1. The molecular weight excluding hydrogens is 446 g/mol. The van der Waals surface area contributed by atoms with E-state index in [0.29, 0.717) is 28.7 Å². The maximum absolute atomic E-state index is 13.1. The molecule has 0 aliphatic carbocycles. The van der Waals surface area contributed by atoms with Crippen LogP contribution in [0.1, 0.15) is 22.9 Å². The molecule has 1 unspecified atom stereocenters. The lowest BCUT2D eigenvalue weighted by molar-refractivity contribution is -0.140. The Hall–Kier alpha value is -3.71. The molecule has 4 rings (SSSR count). The maximum atomic E-state index is 13.1. The van der Waals surface area contributed by atoms with E-state index < -0.39 is 23.5 Å². The van der Waals surface area contributed by atoms with E-state index in [1.54, 1.807) is 42.5 Å². The molecule has 2 aromatic carbocycles. The Kier molecular flexibility index (Phi) is 6.42. The number of rotatable bonds is 7. The van der Waals surface area contributed by atoms with E-state index in [1.807, 2.05) is 12.1 Å². The third-order valence-corrected chi connectivity index (χ3v) is 5.82. The van der Waals surface area contributed by atoms with Crippen LogP contribution in [0.4, 0.5) is 0 Å². The molecule has 1 saturated heterocycles. The number of ether oxygens (including phenoxy) is 2. The van der Waals surface area contributed by atoms with Crippen molar-refractivity contribution in [1.82, 2.24) is 4.90 Å². The largest absolute Gasteiger partial charge is 0.506 e. The number of halogens is 1. The molecule has 2 heterocycles. The van der Waals surface area contributed by atoms with E-state index in [9.17, 15) is 14.7 Å². The second-order valence-electron chi connectivity index (χ2n) is 7.42. The first-order valence-electron chi connectivity index (χ1n) is 10.2. The van der Waals surface area contributed by atoms with Gasteiger partial charge in [0, 0.05) is 11.6 Å². The number of furan rings is 1. The van der Waals surface area contributed by atoms with E-state index in [4.69, 9.17) is 25.5 Å². The Bertz CT molecular complexity index is 1180. The van der Waals surface area contributed by atoms with Crippen LogP contribution < -0.4 is 9.47 Å². The van der Waals surface area contributed by atoms with Gasteiger partial charge in [-0.2, -0.15) is 0 Å². The molecule has 8 heteroatoms. The maximum Gasteiger partial charge on any atom is 0.295 e. The zero-order valence-electron chi connectivity index (χ0n) is 18.1. The average Bonchev–Trinajstić information content (AvgIpc) is 3.45. The number of likely N-dealkylation sites (tertiary alicyclic amines) is 1. The lowest BCUT2D eigenvalue weighted by Gasteiger charge is -2.23. The second kappa shape index (κ2) is 9.42. The summed E-state index contributed by atoms with van der Waals surface area (Å²) in [6, 6.07) is 14.7. The van der Waals surface area contributed by atoms with Gasteiger partial charge in [0.15, 0.2) is 0 Å². The highest BCUT2D eigenvalue weighted by atomic mass is 35.5. The molecular formula is C25H22ClNO6. The zero-order valence-corrected chi connectivity index (χ0v) is 18.8. The molecule has 7 nitrogen and oxygen atoms in total. The van der Waals surface area contributed by atoms with Crippen LogP contribution in [0.5, 0.6) is 11.5 Å². The molecule has 1 atom stereocenters. The van der Waals surface area contributed by atoms with E-state index in [0.717, 1.165) is 5.56 Å². The summed E-state index contributed by atoms with van der Waals surface area (Å²) in [5.74, 6) is -0.952. The zero-order chi connectivity index (χ0) is 23.5. The fourth-order valence-electron chi connectivity index (χ4n) is 3.97. The number of benzene rings is 2. The number of ketones is 1. The first-order valence-corrected chi connectivity index (χ1v) is 10.6. The van der Waals surface area contributed by atoms with Gasteiger partial charge in [0.05, 0.1) is 26.1 Å². The number of aliphatic hydroxyl groups is 1. The Morgan fingerprint density at radius 3 is 2.27 bits per heavy atom. The summed E-state index contributed by atoms with van der Waals surface area (Å²) in [6.45, 7) is 0.234. The molecule has 170 valence electrons. The quantitative estimate of drug-likeness (QED) is 0.310. The van der Waals surface area contributed by atoms with Gasteiger partial charge in [0.25, 0.3) is 11.7 Å². The Balaban J connectivity index is 1.80.